The van der Waals surface area contributed by atoms with Crippen molar-refractivity contribution in [2.45, 2.75) is 30.1 Å². The summed E-state index contributed by atoms with van der Waals surface area (Å²) >= 11 is 5.88. The van der Waals surface area contributed by atoms with Crippen molar-refractivity contribution in [2.75, 3.05) is 41.2 Å². The summed E-state index contributed by atoms with van der Waals surface area (Å²) in [5.74, 6) is 0.255. The maximum absolute atomic E-state index is 13.6. The highest BCUT2D eigenvalue weighted by molar-refractivity contribution is 7.91. The Morgan fingerprint density at radius 3 is 2.32 bits per heavy atom. The molecule has 16 heteroatoms. The smallest absolute Gasteiger partial charge is 0.245 e. The Morgan fingerprint density at radius 2 is 1.76 bits per heavy atom. The van der Waals surface area contributed by atoms with Crippen molar-refractivity contribution in [3.63, 3.8) is 0 Å². The minimum atomic E-state index is -3.93. The average Bonchev–Trinajstić information content (AvgIpc) is 3.32. The van der Waals surface area contributed by atoms with E-state index < -0.39 is 33.0 Å². The second kappa shape index (κ2) is 11.6. The molecule has 1 aliphatic heterocycles. The molecular formula is C21H26ClN7O7S. The normalized spacial score (nSPS) is 17.8. The van der Waals surface area contributed by atoms with Crippen LogP contribution in [-0.4, -0.2) is 89.5 Å². The molecule has 1 aliphatic rings. The van der Waals surface area contributed by atoms with Crippen LogP contribution < -0.4 is 9.47 Å². The molecule has 0 aliphatic carbocycles. The van der Waals surface area contributed by atoms with E-state index in [1.807, 2.05) is 0 Å². The molecule has 3 aromatic rings. The van der Waals surface area contributed by atoms with E-state index in [9.17, 15) is 8.42 Å². The predicted octanol–water partition coefficient (Wildman–Crippen LogP) is 1.30. The summed E-state index contributed by atoms with van der Waals surface area (Å²) in [4.78, 5) is 16.5. The van der Waals surface area contributed by atoms with E-state index in [0.29, 0.717) is 18.2 Å². The van der Waals surface area contributed by atoms with E-state index in [-0.39, 0.29) is 41.5 Å². The molecule has 37 heavy (non-hydrogen) atoms. The molecule has 0 bridgehead atoms. The molecular weight excluding hydrogens is 530 g/mol. The van der Waals surface area contributed by atoms with Gasteiger partial charge in [-0.3, -0.25) is 4.57 Å². The standard InChI is InChI=1S/C21H26ClN7O7S/c1-12(17(32-2)18-23-7-13(22)8-24-18)37(30,31)10-15-27-28-19(14-9-35-5-6-36-14)29(15)16-20(33-3)25-11-26-21(16)34-4/h7-8,11-12,14,17H,5-6,9-10H2,1-4H3/t12-,14-,17-/m0/s1. The van der Waals surface area contributed by atoms with Gasteiger partial charge in [0.05, 0.1) is 44.3 Å². The van der Waals surface area contributed by atoms with Gasteiger partial charge in [-0.15, -0.1) is 10.2 Å². The molecule has 1 fully saturated rings. The largest absolute Gasteiger partial charge is 0.479 e. The number of hydrogen-bond donors (Lipinski definition) is 0. The molecule has 200 valence electrons. The van der Waals surface area contributed by atoms with Crippen LogP contribution in [0.3, 0.4) is 0 Å². The Balaban J connectivity index is 1.78. The summed E-state index contributed by atoms with van der Waals surface area (Å²) in [6.07, 6.45) is 2.42. The fourth-order valence-electron chi connectivity index (χ4n) is 3.83. The van der Waals surface area contributed by atoms with E-state index in [1.54, 1.807) is 0 Å². The van der Waals surface area contributed by atoms with Crippen LogP contribution in [0.25, 0.3) is 5.69 Å². The van der Waals surface area contributed by atoms with Crippen molar-refractivity contribution in [3.05, 3.63) is 41.2 Å². The summed E-state index contributed by atoms with van der Waals surface area (Å²) in [6.45, 7) is 2.46. The van der Waals surface area contributed by atoms with Gasteiger partial charge < -0.3 is 23.7 Å². The molecule has 0 spiro atoms. The summed E-state index contributed by atoms with van der Waals surface area (Å²) in [5.41, 5.74) is 0.226. The van der Waals surface area contributed by atoms with Crippen molar-refractivity contribution in [2.24, 2.45) is 0 Å². The van der Waals surface area contributed by atoms with E-state index in [1.165, 1.54) is 51.5 Å². The third-order valence-electron chi connectivity index (χ3n) is 5.70. The number of halogens is 1. The number of rotatable bonds is 10. The average molecular weight is 556 g/mol. The highest BCUT2D eigenvalue weighted by Crippen LogP contribution is 2.34. The van der Waals surface area contributed by atoms with Gasteiger partial charge in [0.15, 0.2) is 33.0 Å². The number of sulfone groups is 1. The van der Waals surface area contributed by atoms with E-state index >= 15 is 0 Å². The van der Waals surface area contributed by atoms with Crippen molar-refractivity contribution in [3.8, 4) is 17.4 Å². The van der Waals surface area contributed by atoms with E-state index in [2.05, 4.69) is 30.1 Å². The Hall–Kier alpha value is -2.98. The number of nitrogens with zero attached hydrogens (tertiary/aromatic N) is 7. The Kier molecular flexibility index (Phi) is 8.49. The summed E-state index contributed by atoms with van der Waals surface area (Å²) < 4.78 is 56.4. The van der Waals surface area contributed by atoms with Gasteiger partial charge in [-0.05, 0) is 6.92 Å². The van der Waals surface area contributed by atoms with Gasteiger partial charge in [-0.25, -0.2) is 18.4 Å². The topological polar surface area (TPSA) is 163 Å². The molecule has 14 nitrogen and oxygen atoms in total. The molecule has 0 radical (unpaired) electrons. The summed E-state index contributed by atoms with van der Waals surface area (Å²) in [7, 11) is 0.296. The van der Waals surface area contributed by atoms with Crippen LogP contribution >= 0.6 is 11.6 Å². The van der Waals surface area contributed by atoms with Gasteiger partial charge in [-0.2, -0.15) is 9.97 Å². The second-order valence-corrected chi connectivity index (χ2v) is 10.7. The van der Waals surface area contributed by atoms with Gasteiger partial charge in [0.2, 0.25) is 11.8 Å². The van der Waals surface area contributed by atoms with Crippen LogP contribution in [0.5, 0.6) is 11.8 Å². The van der Waals surface area contributed by atoms with Crippen LogP contribution in [0.15, 0.2) is 18.7 Å². The number of hydrogen-bond acceptors (Lipinski definition) is 13. The number of methoxy groups -OCH3 is 3. The lowest BCUT2D eigenvalue weighted by Crippen LogP contribution is -2.30. The van der Waals surface area contributed by atoms with Gasteiger partial charge in [-0.1, -0.05) is 11.6 Å². The lowest BCUT2D eigenvalue weighted by atomic mass is 10.2. The monoisotopic (exact) mass is 555 g/mol. The van der Waals surface area contributed by atoms with Crippen molar-refractivity contribution >= 4 is 21.4 Å². The second-order valence-electron chi connectivity index (χ2n) is 7.91. The molecule has 1 saturated heterocycles. The van der Waals surface area contributed by atoms with Crippen molar-refractivity contribution in [1.29, 1.82) is 0 Å². The first-order chi connectivity index (χ1) is 17.8. The fraction of sp³-hybridized carbons (Fsp3) is 0.524. The minimum Gasteiger partial charge on any atom is -0.479 e. The lowest BCUT2D eigenvalue weighted by Gasteiger charge is -2.24. The molecule has 3 aromatic heterocycles. The van der Waals surface area contributed by atoms with Crippen LogP contribution in [0.1, 0.15) is 36.6 Å². The van der Waals surface area contributed by atoms with Crippen molar-refractivity contribution in [1.82, 2.24) is 34.7 Å². The van der Waals surface area contributed by atoms with E-state index in [4.69, 9.17) is 35.3 Å². The van der Waals surface area contributed by atoms with Crippen molar-refractivity contribution < 1.29 is 32.1 Å². The van der Waals surface area contributed by atoms with Gasteiger partial charge in [0.1, 0.15) is 24.3 Å². The first kappa shape index (κ1) is 27.1. The number of ether oxygens (including phenoxy) is 5. The zero-order valence-corrected chi connectivity index (χ0v) is 22.1. The predicted molar refractivity (Wildman–Crippen MR) is 128 cm³/mol. The Morgan fingerprint density at radius 1 is 1.08 bits per heavy atom. The van der Waals surface area contributed by atoms with Gasteiger partial charge >= 0.3 is 0 Å². The Bertz CT molecular complexity index is 1300. The maximum Gasteiger partial charge on any atom is 0.245 e. The molecule has 3 atom stereocenters. The lowest BCUT2D eigenvalue weighted by molar-refractivity contribution is -0.0942. The van der Waals surface area contributed by atoms with Crippen LogP contribution in [0.2, 0.25) is 5.02 Å². The molecule has 4 heterocycles. The summed E-state index contributed by atoms with van der Waals surface area (Å²) in [5, 5.41) is 7.71. The summed E-state index contributed by atoms with van der Waals surface area (Å²) in [6, 6.07) is 0. The van der Waals surface area contributed by atoms with Crippen LogP contribution in [0, 0.1) is 0 Å². The van der Waals surface area contributed by atoms with E-state index in [0.717, 1.165) is 0 Å². The molecule has 0 saturated carbocycles. The highest BCUT2D eigenvalue weighted by Gasteiger charge is 2.36. The quantitative estimate of drug-likeness (QED) is 0.352. The first-order valence-electron chi connectivity index (χ1n) is 11.1. The fourth-order valence-corrected chi connectivity index (χ4v) is 5.34. The first-order valence-corrected chi connectivity index (χ1v) is 13.2. The third kappa shape index (κ3) is 5.65. The zero-order chi connectivity index (χ0) is 26.6. The SMILES string of the molecule is COc1ncnc(OC)c1-n1c(CS(=O)(=O)[C@@H](C)[C@H](OC)c2ncc(Cl)cn2)nnc1[C@@H]1COCCO1. The molecule has 0 unspecified atom stereocenters. The molecule has 0 amide bonds. The van der Waals surface area contributed by atoms with Crippen LogP contribution in [0.4, 0.5) is 0 Å². The van der Waals surface area contributed by atoms with Crippen LogP contribution in [-0.2, 0) is 29.8 Å². The maximum atomic E-state index is 13.6. The highest BCUT2D eigenvalue weighted by atomic mass is 35.5. The Labute approximate surface area is 218 Å². The molecule has 0 aromatic carbocycles. The number of aromatic nitrogens is 7. The van der Waals surface area contributed by atoms with Gasteiger partial charge in [0.25, 0.3) is 0 Å². The third-order valence-corrected chi connectivity index (χ3v) is 7.93. The molecule has 4 rings (SSSR count). The minimum absolute atomic E-state index is 0.0642. The molecule has 0 N–H and O–H groups in total. The zero-order valence-electron chi connectivity index (χ0n) is 20.6. The van der Waals surface area contributed by atoms with Gasteiger partial charge in [0, 0.05) is 19.5 Å².